The van der Waals surface area contributed by atoms with Crippen molar-refractivity contribution in [2.75, 3.05) is 0 Å². The largest absolute Gasteiger partial charge is 0.327 e. The standard InChI is InChI=1S/C14H20N2O2/c1-10-2-7-14(15)12(8-10)9-11-3-5-13(6-4-11)16(17)18/h3-6,10,12,14H,2,7-9,15H2,1H3. The van der Waals surface area contributed by atoms with Gasteiger partial charge in [-0.15, -0.1) is 0 Å². The van der Waals surface area contributed by atoms with Gasteiger partial charge in [-0.1, -0.05) is 19.1 Å². The second-order valence-electron chi connectivity index (χ2n) is 5.47. The second kappa shape index (κ2) is 5.48. The number of hydrogen-bond acceptors (Lipinski definition) is 3. The van der Waals surface area contributed by atoms with Crippen LogP contribution in [-0.2, 0) is 6.42 Å². The van der Waals surface area contributed by atoms with E-state index in [1.54, 1.807) is 12.1 Å². The van der Waals surface area contributed by atoms with Gasteiger partial charge in [0.25, 0.3) is 5.69 Å². The molecule has 1 saturated carbocycles. The van der Waals surface area contributed by atoms with Crippen molar-refractivity contribution in [3.63, 3.8) is 0 Å². The van der Waals surface area contributed by atoms with Crippen LogP contribution in [0.3, 0.4) is 0 Å². The van der Waals surface area contributed by atoms with Gasteiger partial charge in [0.15, 0.2) is 0 Å². The average molecular weight is 248 g/mol. The molecule has 0 radical (unpaired) electrons. The highest BCUT2D eigenvalue weighted by molar-refractivity contribution is 5.33. The molecule has 0 amide bonds. The van der Waals surface area contributed by atoms with Crippen molar-refractivity contribution in [1.29, 1.82) is 0 Å². The first-order chi connectivity index (χ1) is 8.56. The van der Waals surface area contributed by atoms with Crippen molar-refractivity contribution in [3.8, 4) is 0 Å². The first kappa shape index (κ1) is 13.0. The number of nitrogens with zero attached hydrogens (tertiary/aromatic N) is 1. The summed E-state index contributed by atoms with van der Waals surface area (Å²) in [5, 5.41) is 10.6. The van der Waals surface area contributed by atoms with Crippen LogP contribution in [0.4, 0.5) is 5.69 Å². The molecule has 3 unspecified atom stereocenters. The monoisotopic (exact) mass is 248 g/mol. The molecule has 0 bridgehead atoms. The quantitative estimate of drug-likeness (QED) is 0.660. The summed E-state index contributed by atoms with van der Waals surface area (Å²) in [6, 6.07) is 7.13. The molecule has 0 saturated heterocycles. The minimum absolute atomic E-state index is 0.153. The Labute approximate surface area is 107 Å². The third kappa shape index (κ3) is 3.07. The van der Waals surface area contributed by atoms with E-state index < -0.39 is 0 Å². The van der Waals surface area contributed by atoms with Crippen LogP contribution in [0.5, 0.6) is 0 Å². The molecule has 2 rings (SSSR count). The topological polar surface area (TPSA) is 69.2 Å². The number of nitro groups is 1. The Hall–Kier alpha value is -1.42. The van der Waals surface area contributed by atoms with Crippen LogP contribution in [0, 0.1) is 22.0 Å². The molecule has 1 aromatic carbocycles. The van der Waals surface area contributed by atoms with Crippen molar-refractivity contribution in [1.82, 2.24) is 0 Å². The third-order valence-electron chi connectivity index (χ3n) is 3.95. The molecule has 98 valence electrons. The molecule has 4 heteroatoms. The van der Waals surface area contributed by atoms with Crippen LogP contribution in [0.25, 0.3) is 0 Å². The molecular formula is C14H20N2O2. The SMILES string of the molecule is CC1CCC(N)C(Cc2ccc([N+](=O)[O-])cc2)C1. The van der Waals surface area contributed by atoms with Gasteiger partial charge in [-0.3, -0.25) is 10.1 Å². The van der Waals surface area contributed by atoms with E-state index in [2.05, 4.69) is 6.92 Å². The Morgan fingerprint density at radius 2 is 2.00 bits per heavy atom. The lowest BCUT2D eigenvalue weighted by molar-refractivity contribution is -0.384. The number of nitro benzene ring substituents is 1. The maximum Gasteiger partial charge on any atom is 0.269 e. The van der Waals surface area contributed by atoms with E-state index in [0.29, 0.717) is 5.92 Å². The Balaban J connectivity index is 2.02. The Morgan fingerprint density at radius 1 is 1.33 bits per heavy atom. The molecule has 0 aliphatic heterocycles. The molecule has 1 fully saturated rings. The lowest BCUT2D eigenvalue weighted by Crippen LogP contribution is -2.36. The van der Waals surface area contributed by atoms with Crippen LogP contribution >= 0.6 is 0 Å². The maximum atomic E-state index is 10.6. The van der Waals surface area contributed by atoms with Gasteiger partial charge in [0.05, 0.1) is 4.92 Å². The number of hydrogen-bond donors (Lipinski definition) is 1. The molecule has 1 aromatic rings. The van der Waals surface area contributed by atoms with E-state index in [1.165, 1.54) is 6.42 Å². The molecule has 3 atom stereocenters. The molecule has 18 heavy (non-hydrogen) atoms. The van der Waals surface area contributed by atoms with Crippen molar-refractivity contribution < 1.29 is 4.92 Å². The van der Waals surface area contributed by atoms with Crippen LogP contribution in [0.1, 0.15) is 31.7 Å². The van der Waals surface area contributed by atoms with Gasteiger partial charge in [0.1, 0.15) is 0 Å². The van der Waals surface area contributed by atoms with E-state index in [9.17, 15) is 10.1 Å². The number of rotatable bonds is 3. The predicted molar refractivity (Wildman–Crippen MR) is 71.3 cm³/mol. The van der Waals surface area contributed by atoms with Crippen molar-refractivity contribution in [3.05, 3.63) is 39.9 Å². The molecule has 2 N–H and O–H groups in total. The van der Waals surface area contributed by atoms with Gasteiger partial charge >= 0.3 is 0 Å². The predicted octanol–water partition coefficient (Wildman–Crippen LogP) is 2.90. The van der Waals surface area contributed by atoms with E-state index in [1.807, 2.05) is 12.1 Å². The van der Waals surface area contributed by atoms with Gasteiger partial charge in [-0.2, -0.15) is 0 Å². The van der Waals surface area contributed by atoms with Gasteiger partial charge in [0.2, 0.25) is 0 Å². The summed E-state index contributed by atoms with van der Waals surface area (Å²) in [6.45, 7) is 2.27. The van der Waals surface area contributed by atoms with Crippen LogP contribution in [-0.4, -0.2) is 11.0 Å². The number of non-ortho nitro benzene ring substituents is 1. The summed E-state index contributed by atoms with van der Waals surface area (Å²) in [7, 11) is 0. The smallest absolute Gasteiger partial charge is 0.269 e. The van der Waals surface area contributed by atoms with Crippen LogP contribution < -0.4 is 5.73 Å². The highest BCUT2D eigenvalue weighted by atomic mass is 16.6. The Kier molecular flexibility index (Phi) is 3.97. The average Bonchev–Trinajstić information content (AvgIpc) is 2.34. The van der Waals surface area contributed by atoms with E-state index in [0.717, 1.165) is 30.7 Å². The molecule has 4 nitrogen and oxygen atoms in total. The van der Waals surface area contributed by atoms with E-state index in [-0.39, 0.29) is 16.7 Å². The zero-order valence-electron chi connectivity index (χ0n) is 10.7. The van der Waals surface area contributed by atoms with Crippen LogP contribution in [0.2, 0.25) is 0 Å². The zero-order chi connectivity index (χ0) is 13.1. The van der Waals surface area contributed by atoms with Crippen molar-refractivity contribution >= 4 is 5.69 Å². The Morgan fingerprint density at radius 3 is 2.61 bits per heavy atom. The van der Waals surface area contributed by atoms with E-state index >= 15 is 0 Å². The normalized spacial score (nSPS) is 28.0. The molecule has 1 aliphatic rings. The Bertz CT molecular complexity index is 416. The zero-order valence-corrected chi connectivity index (χ0v) is 10.7. The van der Waals surface area contributed by atoms with Crippen molar-refractivity contribution in [2.24, 2.45) is 17.6 Å². The van der Waals surface area contributed by atoms with Gasteiger partial charge in [0, 0.05) is 18.2 Å². The molecule has 0 spiro atoms. The number of nitrogens with two attached hydrogens (primary N) is 1. The second-order valence-corrected chi connectivity index (χ2v) is 5.47. The fourth-order valence-corrected chi connectivity index (χ4v) is 2.81. The summed E-state index contributed by atoms with van der Waals surface area (Å²) in [5.41, 5.74) is 7.46. The summed E-state index contributed by atoms with van der Waals surface area (Å²) in [6.07, 6.45) is 4.42. The lowest BCUT2D eigenvalue weighted by atomic mass is 9.76. The van der Waals surface area contributed by atoms with Gasteiger partial charge < -0.3 is 5.73 Å². The molecule has 0 aromatic heterocycles. The summed E-state index contributed by atoms with van der Waals surface area (Å²) in [5.74, 6) is 1.25. The summed E-state index contributed by atoms with van der Waals surface area (Å²) < 4.78 is 0. The van der Waals surface area contributed by atoms with Crippen molar-refractivity contribution in [2.45, 2.75) is 38.6 Å². The first-order valence-electron chi connectivity index (χ1n) is 6.55. The highest BCUT2D eigenvalue weighted by Gasteiger charge is 2.25. The maximum absolute atomic E-state index is 10.6. The molecule has 1 aliphatic carbocycles. The van der Waals surface area contributed by atoms with Gasteiger partial charge in [-0.05, 0) is 43.1 Å². The number of benzene rings is 1. The minimum atomic E-state index is -0.363. The third-order valence-corrected chi connectivity index (χ3v) is 3.95. The van der Waals surface area contributed by atoms with Gasteiger partial charge in [-0.25, -0.2) is 0 Å². The fraction of sp³-hybridized carbons (Fsp3) is 0.571. The lowest BCUT2D eigenvalue weighted by Gasteiger charge is -2.32. The molecule has 0 heterocycles. The van der Waals surface area contributed by atoms with E-state index in [4.69, 9.17) is 5.73 Å². The fourth-order valence-electron chi connectivity index (χ4n) is 2.81. The summed E-state index contributed by atoms with van der Waals surface area (Å²) >= 11 is 0. The van der Waals surface area contributed by atoms with Crippen LogP contribution in [0.15, 0.2) is 24.3 Å². The highest BCUT2D eigenvalue weighted by Crippen LogP contribution is 2.30. The minimum Gasteiger partial charge on any atom is -0.327 e. The summed E-state index contributed by atoms with van der Waals surface area (Å²) in [4.78, 5) is 10.2. The first-order valence-corrected chi connectivity index (χ1v) is 6.55. The molecular weight excluding hydrogens is 228 g/mol.